The summed E-state index contributed by atoms with van der Waals surface area (Å²) in [7, 11) is 1.55. The summed E-state index contributed by atoms with van der Waals surface area (Å²) in [6.45, 7) is 2.07. The van der Waals surface area contributed by atoms with Gasteiger partial charge in [-0.1, -0.05) is 19.8 Å². The van der Waals surface area contributed by atoms with Crippen LogP contribution < -0.4 is 20.9 Å². The van der Waals surface area contributed by atoms with Gasteiger partial charge in [0.2, 0.25) is 5.91 Å². The molecule has 120 valence electrons. The van der Waals surface area contributed by atoms with E-state index in [1.165, 1.54) is 0 Å². The number of ether oxygens (including phenoxy) is 1. The van der Waals surface area contributed by atoms with Gasteiger partial charge in [0.05, 0.1) is 7.11 Å². The number of carbonyl (C=O) groups is 2. The highest BCUT2D eigenvalue weighted by Gasteiger charge is 2.08. The van der Waals surface area contributed by atoms with E-state index in [2.05, 4.69) is 23.1 Å². The highest BCUT2D eigenvalue weighted by molar-refractivity contribution is 7.80. The summed E-state index contributed by atoms with van der Waals surface area (Å²) in [5.74, 6) is 0.145. The van der Waals surface area contributed by atoms with Gasteiger partial charge in [-0.15, -0.1) is 0 Å². The van der Waals surface area contributed by atoms with Crippen LogP contribution in [0.5, 0.6) is 5.75 Å². The largest absolute Gasteiger partial charge is 0.497 e. The first-order valence-corrected chi connectivity index (χ1v) is 7.52. The van der Waals surface area contributed by atoms with Gasteiger partial charge in [0.1, 0.15) is 5.75 Å². The van der Waals surface area contributed by atoms with Crippen LogP contribution in [0, 0.1) is 0 Å². The van der Waals surface area contributed by atoms with Crippen molar-refractivity contribution in [2.75, 3.05) is 7.11 Å². The molecule has 0 aliphatic carbocycles. The molecule has 7 heteroatoms. The van der Waals surface area contributed by atoms with Gasteiger partial charge >= 0.3 is 0 Å². The molecule has 22 heavy (non-hydrogen) atoms. The molecular weight excluding hydrogens is 302 g/mol. The molecule has 0 heterocycles. The van der Waals surface area contributed by atoms with Gasteiger partial charge in [-0.2, -0.15) is 0 Å². The standard InChI is InChI=1S/C15H21N3O3S/c1-3-4-5-6-13(19)17-18-15(22)16-14(20)11-7-9-12(21-2)10-8-11/h7-10H,3-6H2,1-2H3,(H,17,19)(H2,16,18,20,22). The highest BCUT2D eigenvalue weighted by atomic mass is 32.1. The molecule has 0 unspecified atom stereocenters. The second-order valence-electron chi connectivity index (χ2n) is 4.64. The SMILES string of the molecule is CCCCCC(=O)NNC(=S)NC(=O)c1ccc(OC)cc1. The normalized spacial score (nSPS) is 9.73. The number of hydrogen-bond acceptors (Lipinski definition) is 4. The summed E-state index contributed by atoms with van der Waals surface area (Å²) in [4.78, 5) is 23.4. The third-order valence-electron chi connectivity index (χ3n) is 2.90. The minimum Gasteiger partial charge on any atom is -0.497 e. The van der Waals surface area contributed by atoms with Crippen LogP contribution in [0.2, 0.25) is 0 Å². The molecule has 0 radical (unpaired) electrons. The average Bonchev–Trinajstić information content (AvgIpc) is 2.53. The number of benzene rings is 1. The zero-order valence-electron chi connectivity index (χ0n) is 12.8. The van der Waals surface area contributed by atoms with Crippen molar-refractivity contribution in [3.8, 4) is 5.75 Å². The van der Waals surface area contributed by atoms with Gasteiger partial charge in [0.15, 0.2) is 5.11 Å². The Morgan fingerprint density at radius 2 is 1.82 bits per heavy atom. The van der Waals surface area contributed by atoms with Crippen LogP contribution in [-0.4, -0.2) is 24.0 Å². The number of hydrazine groups is 1. The van der Waals surface area contributed by atoms with Crippen LogP contribution in [0.25, 0.3) is 0 Å². The number of thiocarbonyl (C=S) groups is 1. The lowest BCUT2D eigenvalue weighted by Gasteiger charge is -2.11. The molecule has 0 aliphatic heterocycles. The zero-order chi connectivity index (χ0) is 16.4. The molecule has 3 N–H and O–H groups in total. The average molecular weight is 323 g/mol. The summed E-state index contributed by atoms with van der Waals surface area (Å²) in [5, 5.41) is 2.53. The molecule has 2 amide bonds. The lowest BCUT2D eigenvalue weighted by atomic mass is 10.2. The van der Waals surface area contributed by atoms with Gasteiger partial charge < -0.3 is 4.74 Å². The Morgan fingerprint density at radius 3 is 2.41 bits per heavy atom. The number of methoxy groups -OCH3 is 1. The molecular formula is C15H21N3O3S. The molecule has 1 aromatic carbocycles. The van der Waals surface area contributed by atoms with Crippen molar-refractivity contribution in [3.05, 3.63) is 29.8 Å². The number of unbranched alkanes of at least 4 members (excludes halogenated alkanes) is 2. The van der Waals surface area contributed by atoms with Crippen LogP contribution >= 0.6 is 12.2 Å². The van der Waals surface area contributed by atoms with Gasteiger partial charge in [0.25, 0.3) is 5.91 Å². The quantitative estimate of drug-likeness (QED) is 0.423. The maximum Gasteiger partial charge on any atom is 0.257 e. The van der Waals surface area contributed by atoms with Crippen LogP contribution in [0.4, 0.5) is 0 Å². The fourth-order valence-electron chi connectivity index (χ4n) is 1.67. The van der Waals surface area contributed by atoms with E-state index in [1.54, 1.807) is 31.4 Å². The van der Waals surface area contributed by atoms with E-state index >= 15 is 0 Å². The first kappa shape index (κ1) is 17.9. The molecule has 0 saturated carbocycles. The van der Waals surface area contributed by atoms with Crippen LogP contribution in [0.1, 0.15) is 43.0 Å². The molecule has 0 aromatic heterocycles. The van der Waals surface area contributed by atoms with E-state index in [0.717, 1.165) is 19.3 Å². The Morgan fingerprint density at radius 1 is 1.14 bits per heavy atom. The lowest BCUT2D eigenvalue weighted by Crippen LogP contribution is -2.48. The molecule has 6 nitrogen and oxygen atoms in total. The Bertz CT molecular complexity index is 517. The second-order valence-corrected chi connectivity index (χ2v) is 5.05. The summed E-state index contributed by atoms with van der Waals surface area (Å²) in [6, 6.07) is 6.61. The molecule has 0 bridgehead atoms. The maximum absolute atomic E-state index is 11.9. The first-order valence-electron chi connectivity index (χ1n) is 7.11. The third-order valence-corrected chi connectivity index (χ3v) is 3.11. The van der Waals surface area contributed by atoms with E-state index in [-0.39, 0.29) is 16.9 Å². The van der Waals surface area contributed by atoms with E-state index in [9.17, 15) is 9.59 Å². The Kier molecular flexibility index (Phi) is 7.91. The van der Waals surface area contributed by atoms with Crippen molar-refractivity contribution in [1.82, 2.24) is 16.2 Å². The molecule has 0 spiro atoms. The number of hydrogen-bond donors (Lipinski definition) is 3. The fraction of sp³-hybridized carbons (Fsp3) is 0.400. The minimum absolute atomic E-state index is 0.0460. The Labute approximate surface area is 135 Å². The molecule has 1 rings (SSSR count). The fourth-order valence-corrected chi connectivity index (χ4v) is 1.82. The van der Waals surface area contributed by atoms with Gasteiger partial charge in [-0.25, -0.2) is 0 Å². The van der Waals surface area contributed by atoms with Crippen molar-refractivity contribution in [2.24, 2.45) is 0 Å². The van der Waals surface area contributed by atoms with Gasteiger partial charge in [-0.05, 0) is 42.9 Å². The van der Waals surface area contributed by atoms with Gasteiger partial charge in [0, 0.05) is 12.0 Å². The van der Waals surface area contributed by atoms with Crippen LogP contribution in [0.3, 0.4) is 0 Å². The summed E-state index contributed by atoms with van der Waals surface area (Å²) in [5.41, 5.74) is 5.40. The monoisotopic (exact) mass is 323 g/mol. The summed E-state index contributed by atoms with van der Waals surface area (Å²) >= 11 is 4.95. The summed E-state index contributed by atoms with van der Waals surface area (Å²) in [6.07, 6.45) is 3.31. The molecule has 0 fully saturated rings. The topological polar surface area (TPSA) is 79.5 Å². The van der Waals surface area contributed by atoms with Crippen molar-refractivity contribution in [1.29, 1.82) is 0 Å². The maximum atomic E-state index is 11.9. The molecule has 0 aliphatic rings. The number of rotatable bonds is 6. The highest BCUT2D eigenvalue weighted by Crippen LogP contribution is 2.10. The molecule has 1 aromatic rings. The first-order chi connectivity index (χ1) is 10.6. The van der Waals surface area contributed by atoms with Crippen LogP contribution in [-0.2, 0) is 4.79 Å². The smallest absolute Gasteiger partial charge is 0.257 e. The minimum atomic E-state index is -0.361. The van der Waals surface area contributed by atoms with E-state index in [1.807, 2.05) is 0 Å². The van der Waals surface area contributed by atoms with Crippen molar-refractivity contribution < 1.29 is 14.3 Å². The van der Waals surface area contributed by atoms with Crippen molar-refractivity contribution in [2.45, 2.75) is 32.6 Å². The van der Waals surface area contributed by atoms with E-state index < -0.39 is 0 Å². The third kappa shape index (κ3) is 6.53. The number of nitrogens with one attached hydrogen (secondary N) is 3. The van der Waals surface area contributed by atoms with Gasteiger partial charge in [-0.3, -0.25) is 25.8 Å². The Balaban J connectivity index is 2.34. The molecule has 0 saturated heterocycles. The summed E-state index contributed by atoms with van der Waals surface area (Å²) < 4.78 is 5.02. The Hall–Kier alpha value is -2.15. The predicted molar refractivity (Wildman–Crippen MR) is 88.5 cm³/mol. The predicted octanol–water partition coefficient (Wildman–Crippen LogP) is 1.91. The van der Waals surface area contributed by atoms with Crippen LogP contribution in [0.15, 0.2) is 24.3 Å². The number of carbonyl (C=O) groups excluding carboxylic acids is 2. The second kappa shape index (κ2) is 9.73. The van der Waals surface area contributed by atoms with E-state index in [4.69, 9.17) is 17.0 Å². The zero-order valence-corrected chi connectivity index (χ0v) is 13.6. The molecule has 0 atom stereocenters. The lowest BCUT2D eigenvalue weighted by molar-refractivity contribution is -0.121. The van der Waals surface area contributed by atoms with Crippen molar-refractivity contribution >= 4 is 29.1 Å². The number of amides is 2. The van der Waals surface area contributed by atoms with Crippen molar-refractivity contribution in [3.63, 3.8) is 0 Å². The van der Waals surface area contributed by atoms with E-state index in [0.29, 0.717) is 17.7 Å².